The van der Waals surface area contributed by atoms with Gasteiger partial charge in [0.1, 0.15) is 0 Å². The van der Waals surface area contributed by atoms with E-state index in [0.29, 0.717) is 17.8 Å². The molecular formula is C11H12N2O2. The zero-order valence-electron chi connectivity index (χ0n) is 8.37. The van der Waals surface area contributed by atoms with Gasteiger partial charge in [0.05, 0.1) is 17.7 Å². The lowest BCUT2D eigenvalue weighted by molar-refractivity contribution is 0.0696. The van der Waals surface area contributed by atoms with Crippen LogP contribution in [0, 0.1) is 11.8 Å². The molecule has 78 valence electrons. The maximum absolute atomic E-state index is 10.9. The molecule has 0 heterocycles. The predicted octanol–water partition coefficient (Wildman–Crippen LogP) is 0.538. The standard InChI is InChI=1S/C11H12N2O2/c1-13-7-3-5-8-9(11(14)15)4-2-6-10(8)12/h2,4,6,13H,7,12H2,1H3,(H,14,15). The van der Waals surface area contributed by atoms with Crippen LogP contribution in [-0.4, -0.2) is 24.7 Å². The quantitative estimate of drug-likeness (QED) is 0.485. The number of carbonyl (C=O) groups is 1. The summed E-state index contributed by atoms with van der Waals surface area (Å²) in [6.45, 7) is 0.493. The van der Waals surface area contributed by atoms with Gasteiger partial charge in [0, 0.05) is 5.69 Å². The highest BCUT2D eigenvalue weighted by Gasteiger charge is 2.09. The van der Waals surface area contributed by atoms with Gasteiger partial charge in [0.2, 0.25) is 0 Å². The Hall–Kier alpha value is -1.99. The van der Waals surface area contributed by atoms with Crippen LogP contribution in [0.4, 0.5) is 5.69 Å². The molecule has 0 amide bonds. The van der Waals surface area contributed by atoms with E-state index in [1.807, 2.05) is 0 Å². The van der Waals surface area contributed by atoms with E-state index in [1.54, 1.807) is 19.2 Å². The molecule has 1 aromatic carbocycles. The third-order valence-electron chi connectivity index (χ3n) is 1.81. The number of carboxylic acid groups (broad SMARTS) is 1. The van der Waals surface area contributed by atoms with Gasteiger partial charge in [-0.3, -0.25) is 0 Å². The minimum absolute atomic E-state index is 0.138. The first kappa shape index (κ1) is 11.1. The van der Waals surface area contributed by atoms with E-state index >= 15 is 0 Å². The van der Waals surface area contributed by atoms with Crippen LogP contribution in [0.25, 0.3) is 0 Å². The number of hydrogen-bond acceptors (Lipinski definition) is 3. The average molecular weight is 204 g/mol. The topological polar surface area (TPSA) is 75.3 Å². The summed E-state index contributed by atoms with van der Waals surface area (Å²) in [7, 11) is 1.77. The molecular weight excluding hydrogens is 192 g/mol. The smallest absolute Gasteiger partial charge is 0.337 e. The summed E-state index contributed by atoms with van der Waals surface area (Å²) in [5.41, 5.74) is 6.56. The Labute approximate surface area is 88.1 Å². The largest absolute Gasteiger partial charge is 0.478 e. The van der Waals surface area contributed by atoms with Gasteiger partial charge in [-0.25, -0.2) is 4.79 Å². The molecule has 0 fully saturated rings. The lowest BCUT2D eigenvalue weighted by Crippen LogP contribution is -2.06. The van der Waals surface area contributed by atoms with Crippen LogP contribution in [0.5, 0.6) is 0 Å². The maximum atomic E-state index is 10.9. The van der Waals surface area contributed by atoms with Crippen molar-refractivity contribution in [3.05, 3.63) is 29.3 Å². The first-order valence-electron chi connectivity index (χ1n) is 4.42. The molecule has 0 spiro atoms. The third kappa shape index (κ3) is 2.73. The fourth-order valence-electron chi connectivity index (χ4n) is 1.11. The van der Waals surface area contributed by atoms with Crippen LogP contribution < -0.4 is 11.1 Å². The number of nitrogens with one attached hydrogen (secondary N) is 1. The highest BCUT2D eigenvalue weighted by atomic mass is 16.4. The lowest BCUT2D eigenvalue weighted by Gasteiger charge is -2.02. The molecule has 0 unspecified atom stereocenters. The van der Waals surface area contributed by atoms with Crippen molar-refractivity contribution in [1.82, 2.24) is 5.32 Å². The Morgan fingerprint density at radius 3 is 2.93 bits per heavy atom. The molecule has 4 heteroatoms. The van der Waals surface area contributed by atoms with Crippen LogP contribution in [0.3, 0.4) is 0 Å². The Morgan fingerprint density at radius 2 is 2.33 bits per heavy atom. The van der Waals surface area contributed by atoms with E-state index in [4.69, 9.17) is 10.8 Å². The van der Waals surface area contributed by atoms with Gasteiger partial charge in [-0.1, -0.05) is 17.9 Å². The average Bonchev–Trinajstić information content (AvgIpc) is 2.20. The van der Waals surface area contributed by atoms with Crippen molar-refractivity contribution >= 4 is 11.7 Å². The fraction of sp³-hybridized carbons (Fsp3) is 0.182. The molecule has 0 saturated heterocycles. The van der Waals surface area contributed by atoms with E-state index < -0.39 is 5.97 Å². The van der Waals surface area contributed by atoms with E-state index in [0.717, 1.165) is 0 Å². The Morgan fingerprint density at radius 1 is 1.60 bits per heavy atom. The van der Waals surface area contributed by atoms with Crippen LogP contribution in [0.15, 0.2) is 18.2 Å². The van der Waals surface area contributed by atoms with Crippen molar-refractivity contribution in [3.8, 4) is 11.8 Å². The summed E-state index contributed by atoms with van der Waals surface area (Å²) < 4.78 is 0. The Kier molecular flexibility index (Phi) is 3.72. The van der Waals surface area contributed by atoms with Crippen molar-refractivity contribution in [2.45, 2.75) is 0 Å². The molecule has 1 rings (SSSR count). The number of benzene rings is 1. The molecule has 0 aliphatic heterocycles. The number of anilines is 1. The third-order valence-corrected chi connectivity index (χ3v) is 1.81. The van der Waals surface area contributed by atoms with Crippen LogP contribution in [-0.2, 0) is 0 Å². The second kappa shape index (κ2) is 5.03. The van der Waals surface area contributed by atoms with Crippen LogP contribution in [0.2, 0.25) is 0 Å². The van der Waals surface area contributed by atoms with Crippen molar-refractivity contribution in [2.24, 2.45) is 0 Å². The van der Waals surface area contributed by atoms with E-state index in [2.05, 4.69) is 17.2 Å². The molecule has 0 saturated carbocycles. The summed E-state index contributed by atoms with van der Waals surface area (Å²) >= 11 is 0. The Balaban J connectivity index is 3.15. The molecule has 0 radical (unpaired) electrons. The molecule has 0 aliphatic rings. The van der Waals surface area contributed by atoms with Gasteiger partial charge in [-0.2, -0.15) is 0 Å². The van der Waals surface area contributed by atoms with Crippen molar-refractivity contribution in [2.75, 3.05) is 19.3 Å². The highest BCUT2D eigenvalue weighted by Crippen LogP contribution is 2.15. The van der Waals surface area contributed by atoms with Gasteiger partial charge in [-0.15, -0.1) is 0 Å². The van der Waals surface area contributed by atoms with Crippen LogP contribution >= 0.6 is 0 Å². The van der Waals surface area contributed by atoms with Crippen LogP contribution in [0.1, 0.15) is 15.9 Å². The molecule has 0 aromatic heterocycles. The minimum Gasteiger partial charge on any atom is -0.478 e. The number of nitrogen functional groups attached to an aromatic ring is 1. The summed E-state index contributed by atoms with van der Waals surface area (Å²) in [4.78, 5) is 10.9. The van der Waals surface area contributed by atoms with Crippen molar-refractivity contribution in [1.29, 1.82) is 0 Å². The number of aromatic carboxylic acids is 1. The van der Waals surface area contributed by atoms with E-state index in [1.165, 1.54) is 6.07 Å². The van der Waals surface area contributed by atoms with Crippen molar-refractivity contribution in [3.63, 3.8) is 0 Å². The molecule has 0 atom stereocenters. The number of carboxylic acids is 1. The number of rotatable bonds is 2. The summed E-state index contributed by atoms with van der Waals surface area (Å²) in [5.74, 6) is 4.51. The zero-order valence-corrected chi connectivity index (χ0v) is 8.37. The SMILES string of the molecule is CNCC#Cc1c(N)cccc1C(=O)O. The fourth-order valence-corrected chi connectivity index (χ4v) is 1.11. The van der Waals surface area contributed by atoms with Gasteiger partial charge < -0.3 is 16.2 Å². The zero-order chi connectivity index (χ0) is 11.3. The summed E-state index contributed by atoms with van der Waals surface area (Å²) in [5, 5.41) is 11.8. The monoisotopic (exact) mass is 204 g/mol. The molecule has 15 heavy (non-hydrogen) atoms. The minimum atomic E-state index is -1.02. The van der Waals surface area contributed by atoms with E-state index in [-0.39, 0.29) is 5.56 Å². The normalized spacial score (nSPS) is 9.13. The summed E-state index contributed by atoms with van der Waals surface area (Å²) in [6.07, 6.45) is 0. The van der Waals surface area contributed by atoms with E-state index in [9.17, 15) is 4.79 Å². The molecule has 0 bridgehead atoms. The van der Waals surface area contributed by atoms with Gasteiger partial charge in [0.25, 0.3) is 0 Å². The first-order valence-corrected chi connectivity index (χ1v) is 4.42. The van der Waals surface area contributed by atoms with Gasteiger partial charge in [-0.05, 0) is 19.2 Å². The molecule has 0 aliphatic carbocycles. The highest BCUT2D eigenvalue weighted by molar-refractivity contribution is 5.92. The number of nitrogens with two attached hydrogens (primary N) is 1. The van der Waals surface area contributed by atoms with Gasteiger partial charge >= 0.3 is 5.97 Å². The maximum Gasteiger partial charge on any atom is 0.337 e. The van der Waals surface area contributed by atoms with Crippen molar-refractivity contribution < 1.29 is 9.90 Å². The molecule has 4 N–H and O–H groups in total. The Bertz CT molecular complexity index is 430. The first-order chi connectivity index (χ1) is 7.16. The summed E-state index contributed by atoms with van der Waals surface area (Å²) in [6, 6.07) is 4.72. The van der Waals surface area contributed by atoms with Gasteiger partial charge in [0.15, 0.2) is 0 Å². The molecule has 4 nitrogen and oxygen atoms in total. The second-order valence-electron chi connectivity index (χ2n) is 2.91. The number of hydrogen-bond donors (Lipinski definition) is 3. The predicted molar refractivity (Wildman–Crippen MR) is 58.6 cm³/mol. The lowest BCUT2D eigenvalue weighted by atomic mass is 10.1. The molecule has 1 aromatic rings. The second-order valence-corrected chi connectivity index (χ2v) is 2.91.